The van der Waals surface area contributed by atoms with Crippen molar-refractivity contribution in [3.63, 3.8) is 0 Å². The largest absolute Gasteiger partial charge is 0.355 e. The predicted molar refractivity (Wildman–Crippen MR) is 66.0 cm³/mol. The fourth-order valence-corrected chi connectivity index (χ4v) is 1.66. The number of aldehydes is 1. The number of carbonyl (C=O) groups is 1. The summed E-state index contributed by atoms with van der Waals surface area (Å²) in [6, 6.07) is 7.41. The maximum absolute atomic E-state index is 10.9. The molecular formula is C13H13N3O. The van der Waals surface area contributed by atoms with Crippen LogP contribution >= 0.6 is 0 Å². The quantitative estimate of drug-likeness (QED) is 0.749. The van der Waals surface area contributed by atoms with Crippen molar-refractivity contribution in [1.29, 1.82) is 0 Å². The van der Waals surface area contributed by atoms with Crippen LogP contribution in [0.15, 0.2) is 42.9 Å². The highest BCUT2D eigenvalue weighted by atomic mass is 16.1. The Morgan fingerprint density at radius 3 is 2.71 bits per heavy atom. The van der Waals surface area contributed by atoms with Crippen molar-refractivity contribution in [3.8, 4) is 0 Å². The number of carbonyl (C=O) groups excluding carboxylic acids is 1. The third-order valence-corrected chi connectivity index (χ3v) is 2.47. The molecular weight excluding hydrogens is 214 g/mol. The van der Waals surface area contributed by atoms with Crippen molar-refractivity contribution in [3.05, 3.63) is 54.0 Å². The Balaban J connectivity index is 2.20. The summed E-state index contributed by atoms with van der Waals surface area (Å²) in [6.45, 7) is 0.695. The molecule has 2 heterocycles. The highest BCUT2D eigenvalue weighted by Gasteiger charge is 2.08. The van der Waals surface area contributed by atoms with E-state index in [1.807, 2.05) is 24.1 Å². The molecule has 2 aromatic rings. The summed E-state index contributed by atoms with van der Waals surface area (Å²) in [4.78, 5) is 21.0. The average molecular weight is 227 g/mol. The summed E-state index contributed by atoms with van der Waals surface area (Å²) < 4.78 is 0. The standard InChI is InChI=1S/C13H13N3O/c1-16(9-11-4-7-14-8-5-11)13-12(10-17)3-2-6-15-13/h2-8,10H,9H2,1H3. The molecule has 0 aromatic carbocycles. The highest BCUT2D eigenvalue weighted by Crippen LogP contribution is 2.15. The number of aromatic nitrogens is 2. The van der Waals surface area contributed by atoms with E-state index in [0.717, 1.165) is 11.8 Å². The molecule has 2 aromatic heterocycles. The van der Waals surface area contributed by atoms with Crippen LogP contribution in [-0.2, 0) is 6.54 Å². The molecule has 0 atom stereocenters. The third-order valence-electron chi connectivity index (χ3n) is 2.47. The van der Waals surface area contributed by atoms with Gasteiger partial charge in [-0.1, -0.05) is 0 Å². The second-order valence-corrected chi connectivity index (χ2v) is 3.75. The minimum atomic E-state index is 0.601. The maximum atomic E-state index is 10.9. The molecule has 2 rings (SSSR count). The van der Waals surface area contributed by atoms with E-state index in [1.165, 1.54) is 0 Å². The van der Waals surface area contributed by atoms with Gasteiger partial charge in [0, 0.05) is 32.2 Å². The Morgan fingerprint density at radius 1 is 1.24 bits per heavy atom. The Kier molecular flexibility index (Phi) is 3.45. The lowest BCUT2D eigenvalue weighted by Crippen LogP contribution is -2.19. The van der Waals surface area contributed by atoms with Crippen molar-refractivity contribution in [2.45, 2.75) is 6.54 Å². The second-order valence-electron chi connectivity index (χ2n) is 3.75. The molecule has 0 aliphatic carbocycles. The number of anilines is 1. The van der Waals surface area contributed by atoms with Crippen LogP contribution in [0.3, 0.4) is 0 Å². The van der Waals surface area contributed by atoms with Crippen LogP contribution in [0, 0.1) is 0 Å². The zero-order valence-electron chi connectivity index (χ0n) is 9.58. The van der Waals surface area contributed by atoms with Gasteiger partial charge in [0.15, 0.2) is 6.29 Å². The van der Waals surface area contributed by atoms with Gasteiger partial charge in [-0.2, -0.15) is 0 Å². The van der Waals surface area contributed by atoms with Gasteiger partial charge in [-0.25, -0.2) is 4.98 Å². The molecule has 0 spiro atoms. The predicted octanol–water partition coefficient (Wildman–Crippen LogP) is 1.93. The SMILES string of the molecule is CN(Cc1ccncc1)c1ncccc1C=O. The first-order valence-corrected chi connectivity index (χ1v) is 5.31. The van der Waals surface area contributed by atoms with E-state index >= 15 is 0 Å². The van der Waals surface area contributed by atoms with Gasteiger partial charge in [0.05, 0.1) is 5.56 Å². The zero-order chi connectivity index (χ0) is 12.1. The molecule has 4 nitrogen and oxygen atoms in total. The van der Waals surface area contributed by atoms with Crippen LogP contribution in [0.4, 0.5) is 5.82 Å². The van der Waals surface area contributed by atoms with Crippen molar-refractivity contribution >= 4 is 12.1 Å². The third kappa shape index (κ3) is 2.66. The number of pyridine rings is 2. The van der Waals surface area contributed by atoms with Gasteiger partial charge in [0.2, 0.25) is 0 Å². The first-order chi connectivity index (χ1) is 8.31. The van der Waals surface area contributed by atoms with E-state index in [0.29, 0.717) is 17.9 Å². The van der Waals surface area contributed by atoms with Crippen molar-refractivity contribution in [2.24, 2.45) is 0 Å². The lowest BCUT2D eigenvalue weighted by atomic mass is 10.2. The van der Waals surface area contributed by atoms with Crippen LogP contribution in [0.2, 0.25) is 0 Å². The van der Waals surface area contributed by atoms with E-state index in [4.69, 9.17) is 0 Å². The number of hydrogen-bond acceptors (Lipinski definition) is 4. The molecule has 4 heteroatoms. The van der Waals surface area contributed by atoms with Crippen LogP contribution < -0.4 is 4.90 Å². The first kappa shape index (κ1) is 11.3. The van der Waals surface area contributed by atoms with E-state index in [1.54, 1.807) is 30.7 Å². The van der Waals surface area contributed by atoms with Crippen LogP contribution in [0.5, 0.6) is 0 Å². The van der Waals surface area contributed by atoms with E-state index in [2.05, 4.69) is 9.97 Å². The summed E-state index contributed by atoms with van der Waals surface area (Å²) >= 11 is 0. The number of rotatable bonds is 4. The molecule has 86 valence electrons. The monoisotopic (exact) mass is 227 g/mol. The Morgan fingerprint density at radius 2 is 2.00 bits per heavy atom. The minimum Gasteiger partial charge on any atom is -0.355 e. The Hall–Kier alpha value is -2.23. The zero-order valence-corrected chi connectivity index (χ0v) is 9.58. The fraction of sp³-hybridized carbons (Fsp3) is 0.154. The molecule has 0 amide bonds. The van der Waals surface area contributed by atoms with Crippen molar-refractivity contribution < 1.29 is 4.79 Å². The first-order valence-electron chi connectivity index (χ1n) is 5.31. The normalized spacial score (nSPS) is 9.94. The van der Waals surface area contributed by atoms with Crippen LogP contribution in [0.1, 0.15) is 15.9 Å². The maximum Gasteiger partial charge on any atom is 0.153 e. The number of nitrogens with zero attached hydrogens (tertiary/aromatic N) is 3. The molecule has 0 bridgehead atoms. The molecule has 0 saturated carbocycles. The summed E-state index contributed by atoms with van der Waals surface area (Å²) in [5, 5.41) is 0. The molecule has 0 fully saturated rings. The Labute approximate surface area is 99.9 Å². The fourth-order valence-electron chi connectivity index (χ4n) is 1.66. The number of hydrogen-bond donors (Lipinski definition) is 0. The molecule has 0 unspecified atom stereocenters. The minimum absolute atomic E-state index is 0.601. The highest BCUT2D eigenvalue weighted by molar-refractivity contribution is 5.82. The molecule has 17 heavy (non-hydrogen) atoms. The van der Waals surface area contributed by atoms with Gasteiger partial charge in [-0.3, -0.25) is 9.78 Å². The molecule has 0 aliphatic heterocycles. The Bertz CT molecular complexity index is 499. The van der Waals surface area contributed by atoms with Gasteiger partial charge in [0.1, 0.15) is 5.82 Å². The van der Waals surface area contributed by atoms with Gasteiger partial charge >= 0.3 is 0 Å². The van der Waals surface area contributed by atoms with Gasteiger partial charge in [-0.05, 0) is 29.8 Å². The van der Waals surface area contributed by atoms with E-state index < -0.39 is 0 Å². The molecule has 0 radical (unpaired) electrons. The van der Waals surface area contributed by atoms with E-state index in [9.17, 15) is 4.79 Å². The van der Waals surface area contributed by atoms with Gasteiger partial charge in [0.25, 0.3) is 0 Å². The van der Waals surface area contributed by atoms with E-state index in [-0.39, 0.29) is 0 Å². The van der Waals surface area contributed by atoms with Gasteiger partial charge in [-0.15, -0.1) is 0 Å². The van der Waals surface area contributed by atoms with Crippen LogP contribution in [-0.4, -0.2) is 23.3 Å². The average Bonchev–Trinajstić information content (AvgIpc) is 2.40. The molecule has 0 aliphatic rings. The smallest absolute Gasteiger partial charge is 0.153 e. The summed E-state index contributed by atoms with van der Waals surface area (Å²) in [6.07, 6.45) is 6.02. The lowest BCUT2D eigenvalue weighted by molar-refractivity contribution is 0.112. The lowest BCUT2D eigenvalue weighted by Gasteiger charge is -2.19. The van der Waals surface area contributed by atoms with Crippen molar-refractivity contribution in [1.82, 2.24) is 9.97 Å². The van der Waals surface area contributed by atoms with Crippen molar-refractivity contribution in [2.75, 3.05) is 11.9 Å². The summed E-state index contributed by atoms with van der Waals surface area (Å²) in [7, 11) is 1.91. The van der Waals surface area contributed by atoms with Gasteiger partial charge < -0.3 is 4.90 Å². The topological polar surface area (TPSA) is 46.1 Å². The van der Waals surface area contributed by atoms with Crippen LogP contribution in [0.25, 0.3) is 0 Å². The molecule has 0 N–H and O–H groups in total. The molecule has 0 saturated heterocycles. The summed E-state index contributed by atoms with van der Waals surface area (Å²) in [5.74, 6) is 0.694. The summed E-state index contributed by atoms with van der Waals surface area (Å²) in [5.41, 5.74) is 1.73. The second kappa shape index (κ2) is 5.21.